The molecule has 124 valence electrons. The first kappa shape index (κ1) is 17.1. The Bertz CT molecular complexity index is 416. The zero-order valence-corrected chi connectivity index (χ0v) is 13.9. The van der Waals surface area contributed by atoms with E-state index in [2.05, 4.69) is 6.92 Å². The van der Waals surface area contributed by atoms with Crippen molar-refractivity contribution in [3.63, 3.8) is 0 Å². The fourth-order valence-electron chi connectivity index (χ4n) is 3.13. The molecule has 2 aliphatic rings. The van der Waals surface area contributed by atoms with Gasteiger partial charge in [-0.3, -0.25) is 0 Å². The summed E-state index contributed by atoms with van der Waals surface area (Å²) in [6.07, 6.45) is 4.78. The highest BCUT2D eigenvalue weighted by Gasteiger charge is 2.36. The van der Waals surface area contributed by atoms with Crippen molar-refractivity contribution >= 4 is 10.2 Å². The zero-order valence-electron chi connectivity index (χ0n) is 13.0. The highest BCUT2D eigenvalue weighted by Crippen LogP contribution is 2.23. The molecule has 21 heavy (non-hydrogen) atoms. The third kappa shape index (κ3) is 4.39. The molecule has 0 aromatic heterocycles. The Hall–Kier alpha value is -0.210. The Morgan fingerprint density at radius 2 is 1.81 bits per heavy atom. The number of nitrogens with two attached hydrogens (primary N) is 1. The van der Waals surface area contributed by atoms with Crippen LogP contribution in [0.4, 0.5) is 0 Å². The minimum atomic E-state index is -3.35. The Morgan fingerprint density at radius 1 is 1.14 bits per heavy atom. The average Bonchev–Trinajstić information content (AvgIpc) is 2.53. The fourth-order valence-corrected chi connectivity index (χ4v) is 4.93. The summed E-state index contributed by atoms with van der Waals surface area (Å²) in [4.78, 5) is 0. The molecule has 0 spiro atoms. The Balaban J connectivity index is 1.97. The summed E-state index contributed by atoms with van der Waals surface area (Å²) in [5.41, 5.74) is 5.71. The molecule has 2 heterocycles. The van der Waals surface area contributed by atoms with Crippen molar-refractivity contribution < 1.29 is 13.2 Å². The van der Waals surface area contributed by atoms with E-state index in [0.717, 1.165) is 32.1 Å². The molecule has 0 amide bonds. The summed E-state index contributed by atoms with van der Waals surface area (Å²) in [5.74, 6) is 0.297. The summed E-state index contributed by atoms with van der Waals surface area (Å²) in [7, 11) is -3.35. The van der Waals surface area contributed by atoms with Crippen LogP contribution < -0.4 is 5.73 Å². The fraction of sp³-hybridized carbons (Fsp3) is 1.00. The maximum atomic E-state index is 12.8. The summed E-state index contributed by atoms with van der Waals surface area (Å²) in [6, 6.07) is 0. The molecule has 0 bridgehead atoms. The largest absolute Gasteiger partial charge is 0.377 e. The normalized spacial score (nSPS) is 29.6. The van der Waals surface area contributed by atoms with Crippen LogP contribution in [0.15, 0.2) is 0 Å². The molecule has 2 N–H and O–H groups in total. The van der Waals surface area contributed by atoms with Gasteiger partial charge in [0, 0.05) is 32.8 Å². The molecule has 2 saturated heterocycles. The van der Waals surface area contributed by atoms with Gasteiger partial charge in [0.2, 0.25) is 0 Å². The smallest absolute Gasteiger partial charge is 0.282 e. The first-order valence-corrected chi connectivity index (χ1v) is 9.54. The van der Waals surface area contributed by atoms with Crippen molar-refractivity contribution in [2.45, 2.75) is 45.1 Å². The van der Waals surface area contributed by atoms with E-state index in [1.807, 2.05) is 0 Å². The summed E-state index contributed by atoms with van der Waals surface area (Å²) in [6.45, 7) is 5.62. The zero-order chi connectivity index (χ0) is 15.3. The Kier molecular flexibility index (Phi) is 6.43. The summed E-state index contributed by atoms with van der Waals surface area (Å²) >= 11 is 0. The first-order valence-electron chi connectivity index (χ1n) is 8.14. The lowest BCUT2D eigenvalue weighted by Crippen LogP contribution is -2.52. The van der Waals surface area contributed by atoms with Crippen molar-refractivity contribution in [2.75, 3.05) is 39.3 Å². The van der Waals surface area contributed by atoms with Gasteiger partial charge in [0.1, 0.15) is 0 Å². The molecule has 6 nitrogen and oxygen atoms in total. The Morgan fingerprint density at radius 3 is 2.48 bits per heavy atom. The van der Waals surface area contributed by atoms with Gasteiger partial charge in [0.15, 0.2) is 0 Å². The van der Waals surface area contributed by atoms with Crippen LogP contribution in [0, 0.1) is 5.92 Å². The molecular formula is C14H29N3O3S. The second-order valence-electron chi connectivity index (χ2n) is 6.10. The molecule has 2 unspecified atom stereocenters. The monoisotopic (exact) mass is 319 g/mol. The predicted octanol–water partition coefficient (Wildman–Crippen LogP) is 0.793. The van der Waals surface area contributed by atoms with Gasteiger partial charge in [-0.25, -0.2) is 0 Å². The number of piperidine rings is 2. The molecule has 0 aromatic carbocycles. The molecule has 2 rings (SSSR count). The van der Waals surface area contributed by atoms with Crippen LogP contribution in [0.2, 0.25) is 0 Å². The molecule has 0 aliphatic carbocycles. The minimum Gasteiger partial charge on any atom is -0.377 e. The Labute approximate surface area is 128 Å². The van der Waals surface area contributed by atoms with Gasteiger partial charge in [-0.15, -0.1) is 0 Å². The average molecular weight is 319 g/mol. The molecule has 0 radical (unpaired) electrons. The van der Waals surface area contributed by atoms with Crippen LogP contribution in [0.3, 0.4) is 0 Å². The lowest BCUT2D eigenvalue weighted by Gasteiger charge is -2.38. The van der Waals surface area contributed by atoms with Gasteiger partial charge in [-0.05, 0) is 44.6 Å². The predicted molar refractivity (Wildman–Crippen MR) is 83.1 cm³/mol. The van der Waals surface area contributed by atoms with Crippen LogP contribution >= 0.6 is 0 Å². The van der Waals surface area contributed by atoms with Crippen LogP contribution in [0.25, 0.3) is 0 Å². The van der Waals surface area contributed by atoms with Gasteiger partial charge >= 0.3 is 0 Å². The number of hydrogen-bond acceptors (Lipinski definition) is 4. The first-order chi connectivity index (χ1) is 10.1. The lowest BCUT2D eigenvalue weighted by atomic mass is 10.0. The van der Waals surface area contributed by atoms with E-state index in [0.29, 0.717) is 45.2 Å². The van der Waals surface area contributed by atoms with Gasteiger partial charge in [0.05, 0.1) is 6.10 Å². The number of rotatable bonds is 6. The molecule has 0 saturated carbocycles. The second-order valence-corrected chi connectivity index (χ2v) is 8.03. The van der Waals surface area contributed by atoms with Crippen molar-refractivity contribution in [1.29, 1.82) is 0 Å². The summed E-state index contributed by atoms with van der Waals surface area (Å²) in [5, 5.41) is 0. The number of nitrogens with zero attached hydrogens (tertiary/aromatic N) is 2. The van der Waals surface area contributed by atoms with Crippen molar-refractivity contribution in [1.82, 2.24) is 8.61 Å². The van der Waals surface area contributed by atoms with Gasteiger partial charge in [-0.1, -0.05) is 6.92 Å². The lowest BCUT2D eigenvalue weighted by molar-refractivity contribution is 0.0177. The highest BCUT2D eigenvalue weighted by molar-refractivity contribution is 7.86. The van der Waals surface area contributed by atoms with Crippen LogP contribution in [-0.2, 0) is 14.9 Å². The van der Waals surface area contributed by atoms with Crippen molar-refractivity contribution in [3.05, 3.63) is 0 Å². The van der Waals surface area contributed by atoms with Crippen molar-refractivity contribution in [3.8, 4) is 0 Å². The third-order valence-corrected chi connectivity index (χ3v) is 6.33. The van der Waals surface area contributed by atoms with Crippen LogP contribution in [0.1, 0.15) is 39.0 Å². The van der Waals surface area contributed by atoms with Gasteiger partial charge in [-0.2, -0.15) is 17.0 Å². The molecule has 2 aliphatic heterocycles. The van der Waals surface area contributed by atoms with E-state index < -0.39 is 10.2 Å². The highest BCUT2D eigenvalue weighted by atomic mass is 32.2. The molecule has 2 fully saturated rings. The van der Waals surface area contributed by atoms with Crippen LogP contribution in [0.5, 0.6) is 0 Å². The maximum absolute atomic E-state index is 12.8. The van der Waals surface area contributed by atoms with Crippen LogP contribution in [-0.4, -0.2) is 62.5 Å². The van der Waals surface area contributed by atoms with E-state index in [1.165, 1.54) is 0 Å². The van der Waals surface area contributed by atoms with E-state index >= 15 is 0 Å². The van der Waals surface area contributed by atoms with Gasteiger partial charge in [0.25, 0.3) is 10.2 Å². The van der Waals surface area contributed by atoms with Gasteiger partial charge < -0.3 is 10.5 Å². The molecule has 0 aromatic rings. The number of hydrogen-bond donors (Lipinski definition) is 1. The number of ether oxygens (including phenoxy) is 1. The summed E-state index contributed by atoms with van der Waals surface area (Å²) < 4.78 is 34.5. The van der Waals surface area contributed by atoms with E-state index in [4.69, 9.17) is 10.5 Å². The standard InChI is InChI=1S/C14H29N3O3S/c1-2-9-20-14-6-4-8-17(12-14)21(18,19)16-7-3-5-13(10-15)11-16/h13-14H,2-12,15H2,1H3. The molecule has 7 heteroatoms. The molecular weight excluding hydrogens is 290 g/mol. The van der Waals surface area contributed by atoms with E-state index in [9.17, 15) is 8.42 Å². The molecule has 2 atom stereocenters. The quantitative estimate of drug-likeness (QED) is 0.785. The SMILES string of the molecule is CCCOC1CCCN(S(=O)(=O)N2CCCC(CN)C2)C1. The van der Waals surface area contributed by atoms with E-state index in [-0.39, 0.29) is 6.10 Å². The maximum Gasteiger partial charge on any atom is 0.282 e. The van der Waals surface area contributed by atoms with Crippen molar-refractivity contribution in [2.24, 2.45) is 11.7 Å². The minimum absolute atomic E-state index is 0.0450. The second kappa shape index (κ2) is 7.87. The van der Waals surface area contributed by atoms with E-state index in [1.54, 1.807) is 8.61 Å². The third-order valence-electron chi connectivity index (χ3n) is 4.37. The topological polar surface area (TPSA) is 75.9 Å².